The molecule has 1 aromatic carbocycles. The summed E-state index contributed by atoms with van der Waals surface area (Å²) in [5.74, 6) is 1.27. The highest BCUT2D eigenvalue weighted by molar-refractivity contribution is 7.10. The molecule has 5 nitrogen and oxygen atoms in total. The van der Waals surface area contributed by atoms with Gasteiger partial charge in [0.05, 0.1) is 5.69 Å². The zero-order chi connectivity index (χ0) is 17.5. The number of aromatic nitrogens is 2. The van der Waals surface area contributed by atoms with Crippen LogP contribution in [-0.4, -0.2) is 29.3 Å². The van der Waals surface area contributed by atoms with Crippen molar-refractivity contribution in [3.8, 4) is 5.69 Å². The Morgan fingerprint density at radius 1 is 1.24 bits per heavy atom. The van der Waals surface area contributed by atoms with Gasteiger partial charge in [0.2, 0.25) is 0 Å². The average molecular weight is 353 g/mol. The number of rotatable bonds is 6. The van der Waals surface area contributed by atoms with Crippen LogP contribution in [0.1, 0.15) is 23.3 Å². The molecule has 0 aliphatic carbocycles. The first-order valence-electron chi connectivity index (χ1n) is 8.33. The van der Waals surface area contributed by atoms with Crippen molar-refractivity contribution in [2.24, 2.45) is 4.99 Å². The molecule has 0 saturated heterocycles. The maximum atomic E-state index is 4.31. The molecule has 1 unspecified atom stereocenters. The lowest BCUT2D eigenvalue weighted by atomic mass is 10.1. The van der Waals surface area contributed by atoms with E-state index in [9.17, 15) is 0 Å². The lowest BCUT2D eigenvalue weighted by Crippen LogP contribution is -2.38. The molecular formula is C19H23N5S. The van der Waals surface area contributed by atoms with E-state index < -0.39 is 0 Å². The van der Waals surface area contributed by atoms with Gasteiger partial charge in [-0.3, -0.25) is 4.99 Å². The second-order valence-corrected chi connectivity index (χ2v) is 6.82. The van der Waals surface area contributed by atoms with Crippen LogP contribution in [0.3, 0.4) is 0 Å². The van der Waals surface area contributed by atoms with Crippen LogP contribution < -0.4 is 10.6 Å². The molecule has 2 heterocycles. The van der Waals surface area contributed by atoms with Crippen LogP contribution >= 0.6 is 11.3 Å². The Kier molecular flexibility index (Phi) is 5.85. The minimum Gasteiger partial charge on any atom is -0.356 e. The summed E-state index contributed by atoms with van der Waals surface area (Å²) in [6.45, 7) is 3.79. The molecule has 0 saturated carbocycles. The summed E-state index contributed by atoms with van der Waals surface area (Å²) in [5.41, 5.74) is 2.24. The Morgan fingerprint density at radius 2 is 2.16 bits per heavy atom. The normalized spacial score (nSPS) is 12.8. The zero-order valence-corrected chi connectivity index (χ0v) is 15.3. The molecule has 6 heteroatoms. The summed E-state index contributed by atoms with van der Waals surface area (Å²) in [6.07, 6.45) is 3.73. The number of nitrogens with zero attached hydrogens (tertiary/aromatic N) is 3. The van der Waals surface area contributed by atoms with Crippen LogP contribution in [0.25, 0.3) is 5.69 Å². The molecule has 1 atom stereocenters. The van der Waals surface area contributed by atoms with E-state index in [2.05, 4.69) is 57.3 Å². The Hall–Kier alpha value is -2.60. The summed E-state index contributed by atoms with van der Waals surface area (Å²) in [4.78, 5) is 5.69. The fraction of sp³-hybridized carbons (Fsp3) is 0.263. The van der Waals surface area contributed by atoms with Gasteiger partial charge in [-0.25, -0.2) is 4.68 Å². The fourth-order valence-electron chi connectivity index (χ4n) is 2.56. The monoisotopic (exact) mass is 353 g/mol. The lowest BCUT2D eigenvalue weighted by Gasteiger charge is -2.15. The second-order valence-electron chi connectivity index (χ2n) is 5.84. The standard InChI is InChI=1S/C19H23N5S/c1-15(18-8-4-11-25-18)13-21-19(20-2)22-14-16-6-3-7-17(12-16)24-10-5-9-23-24/h3-12,15H,13-14H2,1-2H3,(H2,20,21,22). The summed E-state index contributed by atoms with van der Waals surface area (Å²) < 4.78 is 1.86. The van der Waals surface area contributed by atoms with Gasteiger partial charge in [-0.2, -0.15) is 5.10 Å². The Morgan fingerprint density at radius 3 is 2.88 bits per heavy atom. The van der Waals surface area contributed by atoms with E-state index in [4.69, 9.17) is 0 Å². The lowest BCUT2D eigenvalue weighted by molar-refractivity contribution is 0.708. The highest BCUT2D eigenvalue weighted by Gasteiger charge is 2.07. The van der Waals surface area contributed by atoms with Crippen molar-refractivity contribution in [1.29, 1.82) is 0 Å². The highest BCUT2D eigenvalue weighted by atomic mass is 32.1. The minimum atomic E-state index is 0.460. The third-order valence-electron chi connectivity index (χ3n) is 3.97. The third-order valence-corrected chi connectivity index (χ3v) is 5.07. The number of aliphatic imine (C=N–C) groups is 1. The predicted octanol–water partition coefficient (Wildman–Crippen LogP) is 3.40. The largest absolute Gasteiger partial charge is 0.356 e. The molecule has 0 aliphatic rings. The summed E-state index contributed by atoms with van der Waals surface area (Å²) in [6, 6.07) is 14.5. The molecule has 25 heavy (non-hydrogen) atoms. The van der Waals surface area contributed by atoms with E-state index in [0.717, 1.165) is 18.2 Å². The van der Waals surface area contributed by atoms with Crippen LogP contribution in [0.4, 0.5) is 0 Å². The summed E-state index contributed by atoms with van der Waals surface area (Å²) >= 11 is 1.79. The number of nitrogens with one attached hydrogen (secondary N) is 2. The molecule has 0 spiro atoms. The quantitative estimate of drug-likeness (QED) is 0.527. The number of hydrogen-bond acceptors (Lipinski definition) is 3. The smallest absolute Gasteiger partial charge is 0.191 e. The topological polar surface area (TPSA) is 54.2 Å². The van der Waals surface area contributed by atoms with E-state index in [-0.39, 0.29) is 0 Å². The van der Waals surface area contributed by atoms with Gasteiger partial charge in [-0.1, -0.05) is 25.1 Å². The van der Waals surface area contributed by atoms with E-state index >= 15 is 0 Å². The first-order valence-corrected chi connectivity index (χ1v) is 9.21. The number of guanidine groups is 1. The van der Waals surface area contributed by atoms with E-state index in [0.29, 0.717) is 12.5 Å². The highest BCUT2D eigenvalue weighted by Crippen LogP contribution is 2.19. The predicted molar refractivity (Wildman–Crippen MR) is 104 cm³/mol. The molecule has 130 valence electrons. The number of hydrogen-bond donors (Lipinski definition) is 2. The van der Waals surface area contributed by atoms with Crippen molar-refractivity contribution in [3.63, 3.8) is 0 Å². The number of thiophene rings is 1. The first-order chi connectivity index (χ1) is 12.3. The van der Waals surface area contributed by atoms with Gasteiger partial charge in [-0.15, -0.1) is 11.3 Å². The van der Waals surface area contributed by atoms with Crippen LogP contribution in [-0.2, 0) is 6.54 Å². The van der Waals surface area contributed by atoms with E-state index in [1.54, 1.807) is 24.6 Å². The Bertz CT molecular complexity index is 793. The van der Waals surface area contributed by atoms with Crippen LogP contribution in [0.15, 0.2) is 65.2 Å². The molecule has 0 amide bonds. The maximum Gasteiger partial charge on any atom is 0.191 e. The summed E-state index contributed by atoms with van der Waals surface area (Å²) in [5, 5.41) is 13.2. The Balaban J connectivity index is 1.54. The van der Waals surface area contributed by atoms with E-state index in [1.807, 2.05) is 29.1 Å². The molecule has 3 rings (SSSR count). The average Bonchev–Trinajstić information content (AvgIpc) is 3.35. The molecule has 0 aliphatic heterocycles. The van der Waals surface area contributed by atoms with Crippen molar-refractivity contribution in [1.82, 2.24) is 20.4 Å². The fourth-order valence-corrected chi connectivity index (χ4v) is 3.35. The zero-order valence-electron chi connectivity index (χ0n) is 14.5. The van der Waals surface area contributed by atoms with Gasteiger partial charge in [0.15, 0.2) is 5.96 Å². The minimum absolute atomic E-state index is 0.460. The van der Waals surface area contributed by atoms with Crippen molar-refractivity contribution in [3.05, 3.63) is 70.7 Å². The maximum absolute atomic E-state index is 4.31. The molecule has 3 aromatic rings. The van der Waals surface area contributed by atoms with Gasteiger partial charge in [-0.05, 0) is 35.2 Å². The van der Waals surface area contributed by atoms with Gasteiger partial charge >= 0.3 is 0 Å². The van der Waals surface area contributed by atoms with Crippen molar-refractivity contribution < 1.29 is 0 Å². The van der Waals surface area contributed by atoms with Gasteiger partial charge in [0.1, 0.15) is 0 Å². The van der Waals surface area contributed by atoms with Gasteiger partial charge < -0.3 is 10.6 Å². The molecule has 2 aromatic heterocycles. The van der Waals surface area contributed by atoms with Crippen LogP contribution in [0, 0.1) is 0 Å². The SMILES string of the molecule is CN=C(NCc1cccc(-n2cccn2)c1)NCC(C)c1cccs1. The van der Waals surface area contributed by atoms with Crippen molar-refractivity contribution >= 4 is 17.3 Å². The van der Waals surface area contributed by atoms with E-state index in [1.165, 1.54) is 10.4 Å². The number of benzene rings is 1. The molecule has 0 fully saturated rings. The molecule has 2 N–H and O–H groups in total. The molecule has 0 bridgehead atoms. The van der Waals surface area contributed by atoms with Gasteiger partial charge in [0.25, 0.3) is 0 Å². The van der Waals surface area contributed by atoms with Gasteiger partial charge in [0, 0.05) is 43.3 Å². The van der Waals surface area contributed by atoms with Crippen LogP contribution in [0.5, 0.6) is 0 Å². The second kappa shape index (κ2) is 8.48. The third kappa shape index (κ3) is 4.70. The van der Waals surface area contributed by atoms with Crippen molar-refractivity contribution in [2.75, 3.05) is 13.6 Å². The molecule has 0 radical (unpaired) electrons. The van der Waals surface area contributed by atoms with Crippen LogP contribution in [0.2, 0.25) is 0 Å². The summed E-state index contributed by atoms with van der Waals surface area (Å²) in [7, 11) is 1.80. The Labute approximate surface area is 152 Å². The van der Waals surface area contributed by atoms with Crippen molar-refractivity contribution in [2.45, 2.75) is 19.4 Å². The first kappa shape index (κ1) is 17.2. The molecular weight excluding hydrogens is 330 g/mol.